The van der Waals surface area contributed by atoms with E-state index in [1.807, 2.05) is 0 Å². The molecule has 1 rings (SSSR count). The number of carbonyl (C=O) groups excluding carboxylic acids is 1. The number of benzene rings is 1. The molecule has 0 aliphatic carbocycles. The van der Waals surface area contributed by atoms with E-state index in [4.69, 9.17) is 5.11 Å². The van der Waals surface area contributed by atoms with Crippen LogP contribution in [0.3, 0.4) is 0 Å². The third-order valence-corrected chi connectivity index (χ3v) is 2.42. The molecule has 1 atom stereocenters. The van der Waals surface area contributed by atoms with Gasteiger partial charge in [-0.3, -0.25) is 9.59 Å². The highest BCUT2D eigenvalue weighted by Crippen LogP contribution is 2.26. The van der Waals surface area contributed by atoms with Crippen molar-refractivity contribution in [3.8, 4) is 5.75 Å². The van der Waals surface area contributed by atoms with Crippen molar-refractivity contribution in [1.82, 2.24) is 5.32 Å². The van der Waals surface area contributed by atoms with E-state index in [0.717, 1.165) is 6.07 Å². The summed E-state index contributed by atoms with van der Waals surface area (Å²) >= 11 is 0. The van der Waals surface area contributed by atoms with Crippen molar-refractivity contribution in [2.75, 3.05) is 0 Å². The molecule has 0 bridgehead atoms. The zero-order valence-electron chi connectivity index (χ0n) is 10.4. The molecule has 1 aromatic carbocycles. The average molecular weight is 291 g/mol. The minimum atomic E-state index is -4.84. The fourth-order valence-corrected chi connectivity index (χ4v) is 1.32. The highest BCUT2D eigenvalue weighted by Gasteiger charge is 2.32. The maximum atomic E-state index is 12.2. The normalized spacial score (nSPS) is 12.6. The van der Waals surface area contributed by atoms with Crippen LogP contribution in [0.1, 0.15) is 12.5 Å². The van der Waals surface area contributed by atoms with E-state index in [1.54, 1.807) is 0 Å². The van der Waals surface area contributed by atoms with E-state index >= 15 is 0 Å². The molecule has 0 saturated carbocycles. The van der Waals surface area contributed by atoms with Gasteiger partial charge in [0.05, 0.1) is 0 Å². The Morgan fingerprint density at radius 2 is 1.95 bits per heavy atom. The summed E-state index contributed by atoms with van der Waals surface area (Å²) in [5.41, 5.74) is 0.0933. The van der Waals surface area contributed by atoms with Crippen LogP contribution in [0.4, 0.5) is 13.2 Å². The van der Waals surface area contributed by atoms with Gasteiger partial charge in [0, 0.05) is 12.1 Å². The molecule has 0 aromatic heterocycles. The Bertz CT molecular complexity index is 502. The zero-order valence-corrected chi connectivity index (χ0v) is 10.4. The second-order valence-corrected chi connectivity index (χ2v) is 3.93. The Balaban J connectivity index is 2.73. The highest BCUT2D eigenvalue weighted by atomic mass is 19.4. The number of carboxylic acids is 1. The van der Waals surface area contributed by atoms with E-state index in [1.165, 1.54) is 25.1 Å². The average Bonchev–Trinajstić information content (AvgIpc) is 2.34. The van der Waals surface area contributed by atoms with Crippen molar-refractivity contribution in [2.24, 2.45) is 5.92 Å². The Morgan fingerprint density at radius 1 is 1.35 bits per heavy atom. The summed E-state index contributed by atoms with van der Waals surface area (Å²) in [6.07, 6.45) is -4.84. The topological polar surface area (TPSA) is 75.6 Å². The summed E-state index contributed by atoms with van der Waals surface area (Å²) in [7, 11) is 0. The Labute approximate surface area is 112 Å². The number of carbonyl (C=O) groups is 2. The lowest BCUT2D eigenvalue weighted by Crippen LogP contribution is -2.33. The van der Waals surface area contributed by atoms with Gasteiger partial charge in [-0.25, -0.2) is 0 Å². The summed E-state index contributed by atoms with van der Waals surface area (Å²) in [4.78, 5) is 22.0. The second kappa shape index (κ2) is 6.27. The molecule has 0 fully saturated rings. The molecule has 1 unspecified atom stereocenters. The van der Waals surface area contributed by atoms with Crippen LogP contribution in [-0.4, -0.2) is 23.3 Å². The lowest BCUT2D eigenvalue weighted by atomic mass is 10.1. The monoisotopic (exact) mass is 291 g/mol. The first-order valence-corrected chi connectivity index (χ1v) is 5.55. The molecule has 20 heavy (non-hydrogen) atoms. The predicted octanol–water partition coefficient (Wildman–Crippen LogP) is 1.92. The lowest BCUT2D eigenvalue weighted by Gasteiger charge is -2.14. The molecule has 5 nitrogen and oxygen atoms in total. The molecule has 0 saturated heterocycles. The van der Waals surface area contributed by atoms with E-state index < -0.39 is 29.9 Å². The number of hydrogen-bond donors (Lipinski definition) is 2. The Kier molecular flexibility index (Phi) is 4.95. The van der Waals surface area contributed by atoms with Gasteiger partial charge < -0.3 is 15.2 Å². The van der Waals surface area contributed by atoms with Crippen molar-refractivity contribution in [3.63, 3.8) is 0 Å². The molecule has 0 aliphatic heterocycles. The summed E-state index contributed by atoms with van der Waals surface area (Å²) in [6.45, 7) is 0.915. The van der Waals surface area contributed by atoms with Crippen LogP contribution in [0.5, 0.6) is 5.75 Å². The van der Waals surface area contributed by atoms with Crippen LogP contribution in [-0.2, 0) is 16.1 Å². The van der Waals surface area contributed by atoms with Gasteiger partial charge in [0.1, 0.15) is 11.7 Å². The van der Waals surface area contributed by atoms with Gasteiger partial charge in [-0.15, -0.1) is 13.2 Å². The number of halogens is 3. The quantitative estimate of drug-likeness (QED) is 0.813. The van der Waals surface area contributed by atoms with Crippen molar-refractivity contribution >= 4 is 11.9 Å². The molecule has 8 heteroatoms. The van der Waals surface area contributed by atoms with Crippen LogP contribution in [0.2, 0.25) is 0 Å². The van der Waals surface area contributed by atoms with E-state index in [2.05, 4.69) is 10.1 Å². The molecule has 110 valence electrons. The van der Waals surface area contributed by atoms with Gasteiger partial charge >= 0.3 is 12.3 Å². The number of alkyl halides is 3. The minimum absolute atomic E-state index is 0.0933. The molecule has 0 spiro atoms. The number of ether oxygens (including phenoxy) is 1. The zero-order chi connectivity index (χ0) is 15.3. The van der Waals surface area contributed by atoms with E-state index in [0.29, 0.717) is 0 Å². The number of hydrogen-bond acceptors (Lipinski definition) is 3. The number of rotatable bonds is 5. The second-order valence-electron chi connectivity index (χ2n) is 3.93. The standard InChI is InChI=1S/C12H12F3NO4/c1-7(11(18)19)10(17)16-6-8-4-2-3-5-9(8)20-12(13,14)15/h2-5,7H,6H2,1H3,(H,16,17)(H,18,19). The molecular formula is C12H12F3NO4. The first-order chi connectivity index (χ1) is 9.20. The Hall–Kier alpha value is -2.25. The molecule has 1 amide bonds. The number of para-hydroxylation sites is 1. The fraction of sp³-hybridized carbons (Fsp3) is 0.333. The van der Waals surface area contributed by atoms with Crippen LogP contribution >= 0.6 is 0 Å². The maximum absolute atomic E-state index is 12.2. The summed E-state index contributed by atoms with van der Waals surface area (Å²) in [5, 5.41) is 10.9. The van der Waals surface area contributed by atoms with Gasteiger partial charge in [0.15, 0.2) is 0 Å². The van der Waals surface area contributed by atoms with Crippen LogP contribution in [0.15, 0.2) is 24.3 Å². The van der Waals surface area contributed by atoms with Crippen LogP contribution < -0.4 is 10.1 Å². The third-order valence-electron chi connectivity index (χ3n) is 2.42. The maximum Gasteiger partial charge on any atom is 0.573 e. The summed E-state index contributed by atoms with van der Waals surface area (Å²) in [6, 6.07) is 5.28. The fourth-order valence-electron chi connectivity index (χ4n) is 1.32. The smallest absolute Gasteiger partial charge is 0.481 e. The minimum Gasteiger partial charge on any atom is -0.481 e. The van der Waals surface area contributed by atoms with Crippen LogP contribution in [0, 0.1) is 5.92 Å². The Morgan fingerprint density at radius 3 is 2.50 bits per heavy atom. The molecule has 0 heterocycles. The number of amides is 1. The molecular weight excluding hydrogens is 279 g/mol. The predicted molar refractivity (Wildman–Crippen MR) is 61.8 cm³/mol. The van der Waals surface area contributed by atoms with Gasteiger partial charge in [-0.05, 0) is 13.0 Å². The largest absolute Gasteiger partial charge is 0.573 e. The number of aliphatic carboxylic acids is 1. The van der Waals surface area contributed by atoms with Crippen molar-refractivity contribution < 1.29 is 32.6 Å². The molecule has 1 aromatic rings. The van der Waals surface area contributed by atoms with E-state index in [9.17, 15) is 22.8 Å². The van der Waals surface area contributed by atoms with Gasteiger partial charge in [-0.1, -0.05) is 18.2 Å². The lowest BCUT2D eigenvalue weighted by molar-refractivity contribution is -0.274. The summed E-state index contributed by atoms with van der Waals surface area (Å²) < 4.78 is 40.3. The third kappa shape index (κ3) is 4.79. The van der Waals surface area contributed by atoms with Gasteiger partial charge in [-0.2, -0.15) is 0 Å². The number of carboxylic acid groups (broad SMARTS) is 1. The first-order valence-electron chi connectivity index (χ1n) is 5.55. The molecule has 0 aliphatic rings. The number of nitrogens with one attached hydrogen (secondary N) is 1. The van der Waals surface area contributed by atoms with Gasteiger partial charge in [0.25, 0.3) is 0 Å². The SMILES string of the molecule is CC(C(=O)O)C(=O)NCc1ccccc1OC(F)(F)F. The first kappa shape index (κ1) is 15.8. The highest BCUT2D eigenvalue weighted by molar-refractivity contribution is 5.96. The van der Waals surface area contributed by atoms with E-state index in [-0.39, 0.29) is 12.1 Å². The summed E-state index contributed by atoms with van der Waals surface area (Å²) in [5.74, 6) is -3.84. The van der Waals surface area contributed by atoms with Crippen molar-refractivity contribution in [2.45, 2.75) is 19.8 Å². The van der Waals surface area contributed by atoms with Crippen molar-refractivity contribution in [3.05, 3.63) is 29.8 Å². The molecule has 2 N–H and O–H groups in total. The van der Waals surface area contributed by atoms with Crippen LogP contribution in [0.25, 0.3) is 0 Å². The van der Waals surface area contributed by atoms with Gasteiger partial charge in [0.2, 0.25) is 5.91 Å². The van der Waals surface area contributed by atoms with Crippen molar-refractivity contribution in [1.29, 1.82) is 0 Å². The molecule has 0 radical (unpaired) electrons.